The number of carboxylic acids is 1. The van der Waals surface area contributed by atoms with Gasteiger partial charge in [-0.25, -0.2) is 4.79 Å². The SMILES string of the molecule is O=C(O)c1ccc2cc(I)cnc2c1. The number of aromatic carboxylic acids is 1. The van der Waals surface area contributed by atoms with Crippen LogP contribution in [0.25, 0.3) is 10.9 Å². The van der Waals surface area contributed by atoms with E-state index in [1.165, 1.54) is 0 Å². The Morgan fingerprint density at radius 1 is 1.36 bits per heavy atom. The summed E-state index contributed by atoms with van der Waals surface area (Å²) in [5.41, 5.74) is 0.983. The van der Waals surface area contributed by atoms with Crippen molar-refractivity contribution < 1.29 is 9.90 Å². The van der Waals surface area contributed by atoms with Crippen LogP contribution in [0.2, 0.25) is 0 Å². The number of nitrogens with zero attached hydrogens (tertiary/aromatic N) is 1. The van der Waals surface area contributed by atoms with Gasteiger partial charge in [-0.2, -0.15) is 0 Å². The normalized spacial score (nSPS) is 10.4. The Labute approximate surface area is 93.9 Å². The summed E-state index contributed by atoms with van der Waals surface area (Å²) in [7, 11) is 0. The van der Waals surface area contributed by atoms with Crippen LogP contribution in [-0.4, -0.2) is 16.1 Å². The van der Waals surface area contributed by atoms with Gasteiger partial charge in [-0.05, 0) is 40.8 Å². The number of aromatic nitrogens is 1. The van der Waals surface area contributed by atoms with E-state index in [1.807, 2.05) is 6.07 Å². The molecule has 14 heavy (non-hydrogen) atoms. The molecule has 0 radical (unpaired) electrons. The Kier molecular flexibility index (Phi) is 2.37. The Morgan fingerprint density at radius 2 is 2.14 bits per heavy atom. The molecule has 0 bridgehead atoms. The van der Waals surface area contributed by atoms with Gasteiger partial charge in [0.2, 0.25) is 0 Å². The Balaban J connectivity index is 2.67. The lowest BCUT2D eigenvalue weighted by molar-refractivity contribution is 0.0697. The molecule has 0 spiro atoms. The molecule has 1 heterocycles. The van der Waals surface area contributed by atoms with Gasteiger partial charge in [0, 0.05) is 15.2 Å². The van der Waals surface area contributed by atoms with Crippen LogP contribution < -0.4 is 0 Å². The number of hydrogen-bond acceptors (Lipinski definition) is 2. The van der Waals surface area contributed by atoms with Crippen LogP contribution in [0.4, 0.5) is 0 Å². The fourth-order valence-corrected chi connectivity index (χ4v) is 1.70. The predicted octanol–water partition coefficient (Wildman–Crippen LogP) is 2.54. The molecular weight excluding hydrogens is 293 g/mol. The summed E-state index contributed by atoms with van der Waals surface area (Å²) in [5, 5.41) is 9.73. The van der Waals surface area contributed by atoms with Crippen LogP contribution in [0.3, 0.4) is 0 Å². The van der Waals surface area contributed by atoms with E-state index in [-0.39, 0.29) is 5.56 Å². The van der Waals surface area contributed by atoms with Crippen LogP contribution in [0.5, 0.6) is 0 Å². The highest BCUT2D eigenvalue weighted by molar-refractivity contribution is 14.1. The Bertz CT molecular complexity index is 510. The van der Waals surface area contributed by atoms with Crippen molar-refractivity contribution in [3.8, 4) is 0 Å². The van der Waals surface area contributed by atoms with E-state index in [4.69, 9.17) is 5.11 Å². The van der Waals surface area contributed by atoms with Gasteiger partial charge >= 0.3 is 5.97 Å². The maximum Gasteiger partial charge on any atom is 0.335 e. The van der Waals surface area contributed by atoms with E-state index in [1.54, 1.807) is 24.4 Å². The van der Waals surface area contributed by atoms with Crippen molar-refractivity contribution in [1.82, 2.24) is 4.98 Å². The van der Waals surface area contributed by atoms with E-state index in [0.29, 0.717) is 5.52 Å². The number of hydrogen-bond donors (Lipinski definition) is 1. The minimum absolute atomic E-state index is 0.270. The maximum absolute atomic E-state index is 10.7. The van der Waals surface area contributed by atoms with Gasteiger partial charge in [0.1, 0.15) is 0 Å². The number of halogens is 1. The molecule has 3 nitrogen and oxygen atoms in total. The lowest BCUT2D eigenvalue weighted by Gasteiger charge is -1.99. The van der Waals surface area contributed by atoms with Crippen molar-refractivity contribution in [3.05, 3.63) is 39.6 Å². The molecule has 1 N–H and O–H groups in total. The second-order valence-corrected chi connectivity index (χ2v) is 4.11. The molecule has 0 aliphatic rings. The minimum atomic E-state index is -0.924. The smallest absolute Gasteiger partial charge is 0.335 e. The standard InChI is InChI=1S/C10H6INO2/c11-8-3-6-1-2-7(10(13)14)4-9(6)12-5-8/h1-5H,(H,13,14). The zero-order chi connectivity index (χ0) is 10.1. The summed E-state index contributed by atoms with van der Waals surface area (Å²) < 4.78 is 1.04. The Morgan fingerprint density at radius 3 is 2.86 bits per heavy atom. The number of carboxylic acid groups (broad SMARTS) is 1. The molecule has 70 valence electrons. The van der Waals surface area contributed by atoms with Gasteiger partial charge in [-0.15, -0.1) is 0 Å². The van der Waals surface area contributed by atoms with Crippen LogP contribution in [-0.2, 0) is 0 Å². The zero-order valence-corrected chi connectivity index (χ0v) is 9.22. The van der Waals surface area contributed by atoms with E-state index in [9.17, 15) is 4.79 Å². The molecule has 2 aromatic rings. The number of carbonyl (C=O) groups is 1. The van der Waals surface area contributed by atoms with Crippen molar-refractivity contribution >= 4 is 39.5 Å². The molecule has 1 aromatic heterocycles. The molecule has 0 fully saturated rings. The first-order chi connectivity index (χ1) is 6.66. The highest BCUT2D eigenvalue weighted by Gasteiger charge is 2.03. The molecule has 0 unspecified atom stereocenters. The lowest BCUT2D eigenvalue weighted by atomic mass is 10.1. The second kappa shape index (κ2) is 3.53. The first-order valence-electron chi connectivity index (χ1n) is 3.95. The molecule has 0 saturated carbocycles. The van der Waals surface area contributed by atoms with E-state index in [0.717, 1.165) is 8.96 Å². The van der Waals surface area contributed by atoms with Crippen molar-refractivity contribution in [1.29, 1.82) is 0 Å². The topological polar surface area (TPSA) is 50.2 Å². The highest BCUT2D eigenvalue weighted by Crippen LogP contribution is 2.16. The Hall–Kier alpha value is -1.17. The number of rotatable bonds is 1. The van der Waals surface area contributed by atoms with Crippen molar-refractivity contribution in [3.63, 3.8) is 0 Å². The number of fused-ring (bicyclic) bond motifs is 1. The first kappa shape index (κ1) is 9.39. The van der Waals surface area contributed by atoms with Crippen LogP contribution >= 0.6 is 22.6 Å². The molecular formula is C10H6INO2. The van der Waals surface area contributed by atoms with Gasteiger partial charge in [-0.1, -0.05) is 6.07 Å². The summed E-state index contributed by atoms with van der Waals surface area (Å²) >= 11 is 2.17. The summed E-state index contributed by atoms with van der Waals surface area (Å²) in [6.45, 7) is 0. The lowest BCUT2D eigenvalue weighted by Crippen LogP contribution is -1.95. The van der Waals surface area contributed by atoms with Crippen molar-refractivity contribution in [2.24, 2.45) is 0 Å². The average Bonchev–Trinajstić information content (AvgIpc) is 2.16. The summed E-state index contributed by atoms with van der Waals surface area (Å²) in [6.07, 6.45) is 1.72. The monoisotopic (exact) mass is 299 g/mol. The fraction of sp³-hybridized carbons (Fsp3) is 0. The zero-order valence-electron chi connectivity index (χ0n) is 7.07. The number of benzene rings is 1. The van der Waals surface area contributed by atoms with E-state index < -0.39 is 5.97 Å². The summed E-state index contributed by atoms with van der Waals surface area (Å²) in [4.78, 5) is 14.8. The number of pyridine rings is 1. The van der Waals surface area contributed by atoms with Crippen LogP contribution in [0.1, 0.15) is 10.4 Å². The minimum Gasteiger partial charge on any atom is -0.478 e. The first-order valence-corrected chi connectivity index (χ1v) is 5.03. The molecule has 4 heteroatoms. The predicted molar refractivity (Wildman–Crippen MR) is 61.4 cm³/mol. The van der Waals surface area contributed by atoms with Crippen molar-refractivity contribution in [2.45, 2.75) is 0 Å². The van der Waals surface area contributed by atoms with Gasteiger partial charge < -0.3 is 5.11 Å². The van der Waals surface area contributed by atoms with Crippen LogP contribution in [0.15, 0.2) is 30.5 Å². The summed E-state index contributed by atoms with van der Waals surface area (Å²) in [6, 6.07) is 6.90. The van der Waals surface area contributed by atoms with E-state index in [2.05, 4.69) is 27.6 Å². The maximum atomic E-state index is 10.7. The third-order valence-corrected chi connectivity index (χ3v) is 2.49. The average molecular weight is 299 g/mol. The second-order valence-electron chi connectivity index (χ2n) is 2.87. The van der Waals surface area contributed by atoms with Gasteiger partial charge in [-0.3, -0.25) is 4.98 Å². The third-order valence-electron chi connectivity index (χ3n) is 1.90. The molecule has 0 amide bonds. The summed E-state index contributed by atoms with van der Waals surface area (Å²) in [5.74, 6) is -0.924. The molecule has 0 atom stereocenters. The van der Waals surface area contributed by atoms with Crippen LogP contribution in [0, 0.1) is 3.57 Å². The van der Waals surface area contributed by atoms with E-state index >= 15 is 0 Å². The molecule has 1 aromatic carbocycles. The van der Waals surface area contributed by atoms with Gasteiger partial charge in [0.05, 0.1) is 11.1 Å². The fourth-order valence-electron chi connectivity index (χ4n) is 1.23. The molecule has 0 aliphatic heterocycles. The van der Waals surface area contributed by atoms with Gasteiger partial charge in [0.15, 0.2) is 0 Å². The molecule has 0 aliphatic carbocycles. The quantitative estimate of drug-likeness (QED) is 0.823. The molecule has 2 rings (SSSR count). The molecule has 0 saturated heterocycles. The largest absolute Gasteiger partial charge is 0.478 e. The third kappa shape index (κ3) is 1.70. The highest BCUT2D eigenvalue weighted by atomic mass is 127. The van der Waals surface area contributed by atoms with Crippen molar-refractivity contribution in [2.75, 3.05) is 0 Å². The van der Waals surface area contributed by atoms with Gasteiger partial charge in [0.25, 0.3) is 0 Å².